The highest BCUT2D eigenvalue weighted by atomic mass is 16.7. The van der Waals surface area contributed by atoms with Gasteiger partial charge in [0.05, 0.1) is 26.4 Å². The topological polar surface area (TPSA) is 36.9 Å². The molecule has 260 valence electrons. The van der Waals surface area contributed by atoms with Crippen LogP contribution < -0.4 is 0 Å². The molecule has 2 saturated heterocycles. The lowest BCUT2D eigenvalue weighted by Gasteiger charge is -2.27. The van der Waals surface area contributed by atoms with Crippen LogP contribution in [-0.2, 0) is 30.5 Å². The summed E-state index contributed by atoms with van der Waals surface area (Å²) in [6.45, 7) is 2.42. The number of hydrogen-bond acceptors (Lipinski definition) is 4. The summed E-state index contributed by atoms with van der Waals surface area (Å²) in [5, 5.41) is 4.93. The maximum absolute atomic E-state index is 6.34. The van der Waals surface area contributed by atoms with Gasteiger partial charge in [-0.05, 0) is 78.2 Å². The molecule has 0 bridgehead atoms. The molecule has 0 aromatic heterocycles. The Kier molecular flexibility index (Phi) is 7.23. The molecule has 0 saturated carbocycles. The maximum Gasteiger partial charge on any atom is 0.224 e. The lowest BCUT2D eigenvalue weighted by molar-refractivity contribution is -0.126. The standard InChI is InChI=1S/2C25H18O2/c2*1-2-8-17(9-3-1)23-19-11-5-4-10-18(19)16-21-20-12-6-7-13-22(20)25(24(21)23)26-14-15-27-25/h2*1-13,16H,14-15H2. The molecule has 8 aromatic rings. The van der Waals surface area contributed by atoms with E-state index in [9.17, 15) is 0 Å². The number of rotatable bonds is 2. The predicted octanol–water partition coefficient (Wildman–Crippen LogP) is 11.5. The van der Waals surface area contributed by atoms with Crippen molar-refractivity contribution in [3.63, 3.8) is 0 Å². The zero-order chi connectivity index (χ0) is 35.7. The van der Waals surface area contributed by atoms with Crippen LogP contribution in [-0.4, -0.2) is 26.4 Å². The normalized spacial score (nSPS) is 16.6. The van der Waals surface area contributed by atoms with E-state index in [2.05, 4.69) is 170 Å². The monoisotopic (exact) mass is 700 g/mol. The van der Waals surface area contributed by atoms with E-state index in [0.29, 0.717) is 26.4 Å². The molecule has 2 spiro atoms. The summed E-state index contributed by atoms with van der Waals surface area (Å²) in [5.74, 6) is -1.61. The highest BCUT2D eigenvalue weighted by molar-refractivity contribution is 6.06. The van der Waals surface area contributed by atoms with Crippen molar-refractivity contribution >= 4 is 21.5 Å². The summed E-state index contributed by atoms with van der Waals surface area (Å²) >= 11 is 0. The first kappa shape index (κ1) is 31.6. The molecule has 0 amide bonds. The molecule has 12 rings (SSSR count). The summed E-state index contributed by atoms with van der Waals surface area (Å²) in [4.78, 5) is 0. The van der Waals surface area contributed by atoms with Gasteiger partial charge in [0.2, 0.25) is 11.6 Å². The van der Waals surface area contributed by atoms with Crippen LogP contribution in [0.2, 0.25) is 0 Å². The second-order valence-corrected chi connectivity index (χ2v) is 14.2. The fourth-order valence-corrected chi connectivity index (χ4v) is 9.32. The van der Waals surface area contributed by atoms with Gasteiger partial charge in [0.15, 0.2) is 0 Å². The molecule has 0 atom stereocenters. The van der Waals surface area contributed by atoms with Gasteiger partial charge < -0.3 is 18.9 Å². The van der Waals surface area contributed by atoms with E-state index < -0.39 is 11.6 Å². The second-order valence-electron chi connectivity index (χ2n) is 14.2. The molecule has 0 unspecified atom stereocenters. The highest BCUT2D eigenvalue weighted by Gasteiger charge is 2.51. The van der Waals surface area contributed by atoms with Gasteiger partial charge in [0.1, 0.15) is 0 Å². The van der Waals surface area contributed by atoms with Gasteiger partial charge in [0, 0.05) is 22.3 Å². The molecule has 4 nitrogen and oxygen atoms in total. The van der Waals surface area contributed by atoms with Gasteiger partial charge in [0.25, 0.3) is 0 Å². The third-order valence-corrected chi connectivity index (χ3v) is 11.4. The van der Waals surface area contributed by atoms with Crippen LogP contribution in [0.5, 0.6) is 0 Å². The minimum Gasteiger partial charge on any atom is -0.340 e. The third-order valence-electron chi connectivity index (χ3n) is 11.4. The van der Waals surface area contributed by atoms with Crippen LogP contribution in [0.15, 0.2) is 170 Å². The Morgan fingerprint density at radius 1 is 0.333 bits per heavy atom. The minimum atomic E-state index is -0.804. The molecule has 4 heteroatoms. The summed E-state index contributed by atoms with van der Waals surface area (Å²) < 4.78 is 25.4. The predicted molar refractivity (Wildman–Crippen MR) is 215 cm³/mol. The SMILES string of the molecule is c1ccc(-c2c3c(cc4ccccc24)-c2ccccc2C32OCCO2)cc1.c1ccc(-c2c3c(cc4ccccc24)-c2ccccc2C32OCCO2)cc1. The Morgan fingerprint density at radius 2 is 0.685 bits per heavy atom. The Labute approximate surface area is 314 Å². The zero-order valence-corrected chi connectivity index (χ0v) is 29.6. The molecule has 2 aliphatic heterocycles. The van der Waals surface area contributed by atoms with Crippen LogP contribution in [0.4, 0.5) is 0 Å². The van der Waals surface area contributed by atoms with Crippen molar-refractivity contribution in [2.24, 2.45) is 0 Å². The van der Waals surface area contributed by atoms with Gasteiger partial charge in [-0.2, -0.15) is 0 Å². The lowest BCUT2D eigenvalue weighted by Crippen LogP contribution is -2.26. The fourth-order valence-electron chi connectivity index (χ4n) is 9.32. The van der Waals surface area contributed by atoms with Crippen molar-refractivity contribution in [1.82, 2.24) is 0 Å². The van der Waals surface area contributed by atoms with Crippen LogP contribution in [0, 0.1) is 0 Å². The summed E-state index contributed by atoms with van der Waals surface area (Å²) in [5.41, 5.74) is 14.2. The Bertz CT molecular complexity index is 2530. The highest BCUT2D eigenvalue weighted by Crippen LogP contribution is 2.58. The molecule has 2 fully saturated rings. The van der Waals surface area contributed by atoms with E-state index in [1.54, 1.807) is 0 Å². The first-order valence-corrected chi connectivity index (χ1v) is 18.8. The molecule has 8 aromatic carbocycles. The molecular formula is C50H36O4. The largest absolute Gasteiger partial charge is 0.340 e. The molecule has 4 aliphatic rings. The summed E-state index contributed by atoms with van der Waals surface area (Å²) in [7, 11) is 0. The van der Waals surface area contributed by atoms with E-state index in [-0.39, 0.29) is 0 Å². The quantitative estimate of drug-likeness (QED) is 0.180. The first-order valence-electron chi connectivity index (χ1n) is 18.8. The average molecular weight is 701 g/mol. The van der Waals surface area contributed by atoms with Gasteiger partial charge in [-0.15, -0.1) is 0 Å². The van der Waals surface area contributed by atoms with E-state index in [4.69, 9.17) is 18.9 Å². The van der Waals surface area contributed by atoms with Crippen molar-refractivity contribution in [2.45, 2.75) is 11.6 Å². The van der Waals surface area contributed by atoms with Crippen LogP contribution in [0.1, 0.15) is 22.3 Å². The number of benzene rings is 8. The van der Waals surface area contributed by atoms with Gasteiger partial charge in [-0.1, -0.05) is 158 Å². The van der Waals surface area contributed by atoms with Gasteiger partial charge >= 0.3 is 0 Å². The van der Waals surface area contributed by atoms with Crippen molar-refractivity contribution in [3.8, 4) is 44.5 Å². The molecule has 2 heterocycles. The van der Waals surface area contributed by atoms with Gasteiger partial charge in [-0.25, -0.2) is 0 Å². The van der Waals surface area contributed by atoms with Crippen molar-refractivity contribution in [1.29, 1.82) is 0 Å². The van der Waals surface area contributed by atoms with E-state index in [1.165, 1.54) is 66.1 Å². The maximum atomic E-state index is 6.34. The third kappa shape index (κ3) is 4.52. The minimum absolute atomic E-state index is 0.606. The molecule has 54 heavy (non-hydrogen) atoms. The molecular weight excluding hydrogens is 665 g/mol. The smallest absolute Gasteiger partial charge is 0.224 e. The average Bonchev–Trinajstić information content (AvgIpc) is 4.04. The van der Waals surface area contributed by atoms with E-state index in [0.717, 1.165) is 22.3 Å². The van der Waals surface area contributed by atoms with E-state index >= 15 is 0 Å². The van der Waals surface area contributed by atoms with Crippen molar-refractivity contribution in [3.05, 3.63) is 192 Å². The number of hydrogen-bond donors (Lipinski definition) is 0. The van der Waals surface area contributed by atoms with E-state index in [1.807, 2.05) is 0 Å². The number of fused-ring (bicyclic) bond motifs is 12. The molecule has 0 radical (unpaired) electrons. The lowest BCUT2D eigenvalue weighted by atomic mass is 9.88. The van der Waals surface area contributed by atoms with Crippen LogP contribution >= 0.6 is 0 Å². The summed E-state index contributed by atoms with van der Waals surface area (Å²) in [6, 6.07) is 59.9. The first-order chi connectivity index (χ1) is 26.8. The number of ether oxygens (including phenoxy) is 4. The Balaban J connectivity index is 0.000000126. The molecule has 0 N–H and O–H groups in total. The molecule has 2 aliphatic carbocycles. The van der Waals surface area contributed by atoms with Crippen LogP contribution in [0.3, 0.4) is 0 Å². The van der Waals surface area contributed by atoms with Gasteiger partial charge in [-0.3, -0.25) is 0 Å². The van der Waals surface area contributed by atoms with Crippen molar-refractivity contribution in [2.75, 3.05) is 26.4 Å². The summed E-state index contributed by atoms with van der Waals surface area (Å²) in [6.07, 6.45) is 0. The van der Waals surface area contributed by atoms with Crippen LogP contribution in [0.25, 0.3) is 66.1 Å². The Morgan fingerprint density at radius 3 is 1.11 bits per heavy atom. The Hall–Kier alpha value is -5.88. The second kappa shape index (κ2) is 12.3. The van der Waals surface area contributed by atoms with Crippen molar-refractivity contribution < 1.29 is 18.9 Å². The fraction of sp³-hybridized carbons (Fsp3) is 0.120. The zero-order valence-electron chi connectivity index (χ0n) is 29.6.